The molecule has 1 amide bonds. The number of halogens is 1. The predicted octanol–water partition coefficient (Wildman–Crippen LogP) is 5.26. The van der Waals surface area contributed by atoms with Gasteiger partial charge in [0.15, 0.2) is 0 Å². The van der Waals surface area contributed by atoms with Gasteiger partial charge in [0.2, 0.25) is 0 Å². The Kier molecular flexibility index (Phi) is 5.94. The van der Waals surface area contributed by atoms with Gasteiger partial charge >= 0.3 is 6.09 Å². The van der Waals surface area contributed by atoms with E-state index in [4.69, 9.17) is 9.47 Å². The molecule has 2 rings (SSSR count). The number of rotatable bonds is 4. The van der Waals surface area contributed by atoms with Crippen LogP contribution in [0.25, 0.3) is 10.8 Å². The van der Waals surface area contributed by atoms with Gasteiger partial charge in [0, 0.05) is 15.6 Å². The molecule has 0 spiro atoms. The Bertz CT molecular complexity index is 894. The van der Waals surface area contributed by atoms with Crippen molar-refractivity contribution in [1.29, 1.82) is 5.26 Å². The molecule has 5 nitrogen and oxygen atoms in total. The summed E-state index contributed by atoms with van der Waals surface area (Å²) in [4.78, 5) is 12.3. The lowest BCUT2D eigenvalue weighted by Gasteiger charge is -2.25. The largest absolute Gasteiger partial charge is 0.496 e. The third-order valence-corrected chi connectivity index (χ3v) is 4.14. The van der Waals surface area contributed by atoms with E-state index < -0.39 is 17.7 Å². The smallest absolute Gasteiger partial charge is 0.408 e. The molecule has 26 heavy (non-hydrogen) atoms. The zero-order valence-electron chi connectivity index (χ0n) is 15.2. The number of nitriles is 1. The molecule has 1 unspecified atom stereocenters. The van der Waals surface area contributed by atoms with Crippen LogP contribution < -0.4 is 10.1 Å². The maximum Gasteiger partial charge on any atom is 0.408 e. The van der Waals surface area contributed by atoms with Gasteiger partial charge in [-0.15, -0.1) is 0 Å². The number of alkyl carbamates (subject to hydrolysis) is 1. The van der Waals surface area contributed by atoms with Gasteiger partial charge in [0.05, 0.1) is 19.2 Å². The van der Waals surface area contributed by atoms with Crippen LogP contribution in [0.5, 0.6) is 5.75 Å². The van der Waals surface area contributed by atoms with Gasteiger partial charge < -0.3 is 14.8 Å². The van der Waals surface area contributed by atoms with Crippen molar-refractivity contribution in [2.75, 3.05) is 7.11 Å². The van der Waals surface area contributed by atoms with E-state index >= 15 is 0 Å². The average Bonchev–Trinajstić information content (AvgIpc) is 2.56. The first kappa shape index (κ1) is 19.8. The molecule has 0 saturated heterocycles. The van der Waals surface area contributed by atoms with E-state index in [1.165, 1.54) is 0 Å². The highest BCUT2D eigenvalue weighted by atomic mass is 79.9. The first-order valence-corrected chi connectivity index (χ1v) is 8.80. The minimum absolute atomic E-state index is 0.182. The monoisotopic (exact) mass is 416 g/mol. The van der Waals surface area contributed by atoms with Crippen LogP contribution in [0.2, 0.25) is 0 Å². The molecule has 0 aliphatic heterocycles. The van der Waals surface area contributed by atoms with Crippen molar-refractivity contribution in [3.63, 3.8) is 0 Å². The van der Waals surface area contributed by atoms with E-state index in [0.29, 0.717) is 11.3 Å². The van der Waals surface area contributed by atoms with Crippen molar-refractivity contribution in [1.82, 2.24) is 5.32 Å². The van der Waals surface area contributed by atoms with Crippen LogP contribution in [0.4, 0.5) is 4.79 Å². The maximum absolute atomic E-state index is 12.3. The van der Waals surface area contributed by atoms with Crippen molar-refractivity contribution in [3.8, 4) is 11.8 Å². The number of fused-ring (bicyclic) bond motifs is 1. The SMILES string of the molecule is C=C(C#N)C(NC(=O)OC(C)(C)C)c1c(OC)ccc2ccc(Br)cc12. The van der Waals surface area contributed by atoms with Crippen LogP contribution in [-0.2, 0) is 4.74 Å². The molecule has 0 saturated carbocycles. The summed E-state index contributed by atoms with van der Waals surface area (Å²) in [5.41, 5.74) is 0.180. The number of nitrogens with zero attached hydrogens (tertiary/aromatic N) is 1. The molecule has 0 aromatic heterocycles. The molecule has 0 radical (unpaired) electrons. The first-order chi connectivity index (χ1) is 12.2. The summed E-state index contributed by atoms with van der Waals surface area (Å²) in [7, 11) is 1.54. The quantitative estimate of drug-likeness (QED) is 0.690. The number of carbonyl (C=O) groups excluding carboxylic acids is 1. The number of nitrogens with one attached hydrogen (secondary N) is 1. The first-order valence-electron chi connectivity index (χ1n) is 8.01. The molecule has 0 bridgehead atoms. The summed E-state index contributed by atoms with van der Waals surface area (Å²) in [5.74, 6) is 0.549. The molecule has 0 heterocycles. The Balaban J connectivity index is 2.61. The molecule has 1 atom stereocenters. The summed E-state index contributed by atoms with van der Waals surface area (Å²) in [6, 6.07) is 10.8. The second-order valence-electron chi connectivity index (χ2n) is 6.76. The number of amides is 1. The fourth-order valence-corrected chi connectivity index (χ4v) is 2.96. The Morgan fingerprint density at radius 2 is 1.96 bits per heavy atom. The zero-order chi connectivity index (χ0) is 19.5. The topological polar surface area (TPSA) is 71.4 Å². The van der Waals surface area contributed by atoms with Gasteiger partial charge in [-0.05, 0) is 49.7 Å². The van der Waals surface area contributed by atoms with Gasteiger partial charge in [-0.1, -0.05) is 34.6 Å². The predicted molar refractivity (Wildman–Crippen MR) is 105 cm³/mol. The van der Waals surface area contributed by atoms with Gasteiger partial charge in [0.25, 0.3) is 0 Å². The van der Waals surface area contributed by atoms with Crippen LogP contribution in [0.1, 0.15) is 32.4 Å². The lowest BCUT2D eigenvalue weighted by atomic mass is 9.93. The Morgan fingerprint density at radius 3 is 2.54 bits per heavy atom. The number of ether oxygens (including phenoxy) is 2. The molecule has 0 fully saturated rings. The molecule has 0 aliphatic carbocycles. The summed E-state index contributed by atoms with van der Waals surface area (Å²) in [6.45, 7) is 9.13. The fourth-order valence-electron chi connectivity index (χ4n) is 2.59. The Labute approximate surface area is 161 Å². The van der Waals surface area contributed by atoms with Crippen molar-refractivity contribution < 1.29 is 14.3 Å². The molecule has 0 aliphatic rings. The van der Waals surface area contributed by atoms with Gasteiger partial charge in [-0.2, -0.15) is 5.26 Å². The number of hydrogen-bond acceptors (Lipinski definition) is 4. The van der Waals surface area contributed by atoms with Crippen LogP contribution in [0, 0.1) is 11.3 Å². The molecular formula is C20H21BrN2O3. The van der Waals surface area contributed by atoms with E-state index in [9.17, 15) is 10.1 Å². The normalized spacial score (nSPS) is 12.2. The number of benzene rings is 2. The second-order valence-corrected chi connectivity index (χ2v) is 7.68. The fraction of sp³-hybridized carbons (Fsp3) is 0.300. The lowest BCUT2D eigenvalue weighted by Crippen LogP contribution is -2.35. The van der Waals surface area contributed by atoms with Crippen molar-refractivity contribution in [2.45, 2.75) is 32.4 Å². The van der Waals surface area contributed by atoms with Crippen LogP contribution in [-0.4, -0.2) is 18.8 Å². The summed E-state index contributed by atoms with van der Waals surface area (Å²) in [5, 5.41) is 14.0. The molecular weight excluding hydrogens is 396 g/mol. The van der Waals surface area contributed by atoms with Gasteiger partial charge in [-0.25, -0.2) is 4.79 Å². The lowest BCUT2D eigenvalue weighted by molar-refractivity contribution is 0.0512. The summed E-state index contributed by atoms with van der Waals surface area (Å²) >= 11 is 3.47. The highest BCUT2D eigenvalue weighted by Gasteiger charge is 2.26. The van der Waals surface area contributed by atoms with E-state index in [1.54, 1.807) is 33.9 Å². The zero-order valence-corrected chi connectivity index (χ0v) is 16.8. The average molecular weight is 417 g/mol. The van der Waals surface area contributed by atoms with E-state index in [2.05, 4.69) is 27.8 Å². The van der Waals surface area contributed by atoms with E-state index in [-0.39, 0.29) is 5.57 Å². The highest BCUT2D eigenvalue weighted by Crippen LogP contribution is 2.37. The van der Waals surface area contributed by atoms with Gasteiger partial charge in [-0.3, -0.25) is 0 Å². The third-order valence-electron chi connectivity index (χ3n) is 3.65. The second kappa shape index (κ2) is 7.79. The molecule has 2 aromatic carbocycles. The minimum Gasteiger partial charge on any atom is -0.496 e. The van der Waals surface area contributed by atoms with E-state index in [0.717, 1.165) is 15.2 Å². The molecule has 1 N–H and O–H groups in total. The Morgan fingerprint density at radius 1 is 1.31 bits per heavy atom. The van der Waals surface area contributed by atoms with Crippen molar-refractivity contribution >= 4 is 32.8 Å². The van der Waals surface area contributed by atoms with Crippen molar-refractivity contribution in [3.05, 3.63) is 52.5 Å². The molecule has 6 heteroatoms. The third kappa shape index (κ3) is 4.55. The molecule has 136 valence electrons. The Hall–Kier alpha value is -2.52. The van der Waals surface area contributed by atoms with Crippen LogP contribution in [0.15, 0.2) is 47.0 Å². The van der Waals surface area contributed by atoms with Crippen LogP contribution >= 0.6 is 15.9 Å². The number of hydrogen-bond donors (Lipinski definition) is 1. The summed E-state index contributed by atoms with van der Waals surface area (Å²) < 4.78 is 11.7. The summed E-state index contributed by atoms with van der Waals surface area (Å²) in [6.07, 6.45) is -0.632. The van der Waals surface area contributed by atoms with E-state index in [1.807, 2.05) is 30.3 Å². The van der Waals surface area contributed by atoms with Crippen molar-refractivity contribution in [2.24, 2.45) is 0 Å². The molecule has 2 aromatic rings. The number of methoxy groups -OCH3 is 1. The maximum atomic E-state index is 12.3. The minimum atomic E-state index is -0.775. The number of carbonyl (C=O) groups is 1. The highest BCUT2D eigenvalue weighted by molar-refractivity contribution is 9.10. The van der Waals surface area contributed by atoms with Gasteiger partial charge in [0.1, 0.15) is 11.4 Å². The van der Waals surface area contributed by atoms with Crippen LogP contribution in [0.3, 0.4) is 0 Å². The standard InChI is InChI=1S/C20H21BrN2O3/c1-12(11-22)18(23-19(24)26-20(2,3)4)17-15-10-14(21)8-6-13(15)7-9-16(17)25-5/h6-10,18H,1H2,2-5H3,(H,23,24).